The fraction of sp³-hybridized carbons (Fsp3) is 0.778. The van der Waals surface area contributed by atoms with Crippen molar-refractivity contribution in [1.82, 2.24) is 5.32 Å². The molecule has 1 aliphatic carbocycles. The van der Waals surface area contributed by atoms with E-state index >= 15 is 0 Å². The van der Waals surface area contributed by atoms with E-state index in [-0.39, 0.29) is 0 Å². The summed E-state index contributed by atoms with van der Waals surface area (Å²) in [5.74, 6) is 1.24. The Morgan fingerprint density at radius 1 is 1.00 bits per heavy atom. The van der Waals surface area contributed by atoms with Gasteiger partial charge in [-0.15, -0.1) is 0 Å². The third-order valence-electron chi connectivity index (χ3n) is 2.45. The second kappa shape index (κ2) is 3.16. The lowest BCUT2D eigenvalue weighted by atomic mass is 10.0. The van der Waals surface area contributed by atoms with Crippen LogP contribution >= 0.6 is 0 Å². The van der Waals surface area contributed by atoms with E-state index < -0.39 is 0 Å². The minimum Gasteiger partial charge on any atom is -0.476 e. The molecule has 0 fully saturated rings. The summed E-state index contributed by atoms with van der Waals surface area (Å²) in [7, 11) is 0. The van der Waals surface area contributed by atoms with Gasteiger partial charge in [0.25, 0.3) is 0 Å². The van der Waals surface area contributed by atoms with Crippen LogP contribution in [0.3, 0.4) is 0 Å². The van der Waals surface area contributed by atoms with Gasteiger partial charge in [-0.25, -0.2) is 0 Å². The van der Waals surface area contributed by atoms with Crippen molar-refractivity contribution >= 4 is 0 Å². The molecule has 0 saturated heterocycles. The molecule has 0 radical (unpaired) electrons. The van der Waals surface area contributed by atoms with Gasteiger partial charge in [0.2, 0.25) is 0 Å². The number of ether oxygens (including phenoxy) is 1. The Hall–Kier alpha value is -0.660. The van der Waals surface area contributed by atoms with Crippen molar-refractivity contribution in [3.05, 3.63) is 11.5 Å². The number of allylic oxidation sites excluding steroid dienone is 2. The number of hydrogen-bond donors (Lipinski definition) is 1. The molecule has 1 N–H and O–H groups in total. The van der Waals surface area contributed by atoms with Crippen molar-refractivity contribution in [3.8, 4) is 0 Å². The van der Waals surface area contributed by atoms with Gasteiger partial charge in [-0.05, 0) is 19.3 Å². The van der Waals surface area contributed by atoms with Crippen LogP contribution < -0.4 is 5.32 Å². The molecule has 0 amide bonds. The van der Waals surface area contributed by atoms with Crippen LogP contribution in [0, 0.1) is 0 Å². The van der Waals surface area contributed by atoms with Gasteiger partial charge >= 0.3 is 0 Å². The molecule has 2 nitrogen and oxygen atoms in total. The van der Waals surface area contributed by atoms with Crippen molar-refractivity contribution in [3.63, 3.8) is 0 Å². The van der Waals surface area contributed by atoms with Crippen LogP contribution in [0.15, 0.2) is 11.5 Å². The Kier molecular flexibility index (Phi) is 2.01. The molecule has 0 bridgehead atoms. The van der Waals surface area contributed by atoms with Crippen LogP contribution in [-0.4, -0.2) is 6.73 Å². The molecule has 2 rings (SSSR count). The number of hydrogen-bond acceptors (Lipinski definition) is 2. The molecular weight excluding hydrogens is 138 g/mol. The predicted molar refractivity (Wildman–Crippen MR) is 43.8 cm³/mol. The van der Waals surface area contributed by atoms with Gasteiger partial charge < -0.3 is 10.1 Å². The van der Waals surface area contributed by atoms with Gasteiger partial charge in [0.15, 0.2) is 6.73 Å². The first-order valence-corrected chi connectivity index (χ1v) is 4.55. The highest BCUT2D eigenvalue weighted by molar-refractivity contribution is 5.10. The van der Waals surface area contributed by atoms with Gasteiger partial charge in [0, 0.05) is 6.42 Å². The molecule has 2 aliphatic rings. The van der Waals surface area contributed by atoms with E-state index in [0.29, 0.717) is 6.73 Å². The van der Waals surface area contributed by atoms with E-state index in [1.807, 2.05) is 0 Å². The van der Waals surface area contributed by atoms with Crippen LogP contribution in [0.5, 0.6) is 0 Å². The Bertz CT molecular complexity index is 156. The maximum atomic E-state index is 5.46. The third-order valence-corrected chi connectivity index (χ3v) is 2.45. The molecule has 0 saturated carbocycles. The molecule has 0 atom stereocenters. The summed E-state index contributed by atoms with van der Waals surface area (Å²) in [5, 5.41) is 3.28. The smallest absolute Gasteiger partial charge is 0.158 e. The molecule has 1 heterocycles. The molecule has 1 aliphatic heterocycles. The fourth-order valence-corrected chi connectivity index (χ4v) is 1.79. The van der Waals surface area contributed by atoms with Crippen LogP contribution in [0.25, 0.3) is 0 Å². The number of rotatable bonds is 0. The van der Waals surface area contributed by atoms with E-state index in [1.165, 1.54) is 43.6 Å². The molecule has 0 aromatic heterocycles. The Morgan fingerprint density at radius 3 is 2.73 bits per heavy atom. The first-order valence-electron chi connectivity index (χ1n) is 4.55. The number of nitrogens with one attached hydrogen (secondary N) is 1. The highest BCUT2D eigenvalue weighted by Crippen LogP contribution is 2.24. The zero-order valence-electron chi connectivity index (χ0n) is 6.86. The van der Waals surface area contributed by atoms with E-state index in [1.54, 1.807) is 0 Å². The molecule has 62 valence electrons. The van der Waals surface area contributed by atoms with Gasteiger partial charge in [0.1, 0.15) is 5.76 Å². The van der Waals surface area contributed by atoms with Crippen LogP contribution in [0.2, 0.25) is 0 Å². The molecule has 0 unspecified atom stereocenters. The summed E-state index contributed by atoms with van der Waals surface area (Å²) in [6.45, 7) is 0.713. The zero-order valence-corrected chi connectivity index (χ0v) is 6.86. The standard InChI is InChI=1S/C9H15NO/c1-2-4-6-9-8(5-3-1)10-7-11-9/h10H,1-7H2. The average molecular weight is 153 g/mol. The van der Waals surface area contributed by atoms with Gasteiger partial charge in [-0.2, -0.15) is 0 Å². The summed E-state index contributed by atoms with van der Waals surface area (Å²) in [4.78, 5) is 0. The van der Waals surface area contributed by atoms with Crippen molar-refractivity contribution < 1.29 is 4.74 Å². The minimum absolute atomic E-state index is 0.713. The first-order chi connectivity index (χ1) is 5.47. The van der Waals surface area contributed by atoms with Gasteiger partial charge in [-0.3, -0.25) is 0 Å². The first kappa shape index (κ1) is 7.01. The van der Waals surface area contributed by atoms with E-state index in [9.17, 15) is 0 Å². The lowest BCUT2D eigenvalue weighted by molar-refractivity contribution is 0.221. The van der Waals surface area contributed by atoms with Crippen molar-refractivity contribution in [2.45, 2.75) is 38.5 Å². The summed E-state index contributed by atoms with van der Waals surface area (Å²) >= 11 is 0. The van der Waals surface area contributed by atoms with Crippen LogP contribution in [0.1, 0.15) is 38.5 Å². The summed E-state index contributed by atoms with van der Waals surface area (Å²) in [5.41, 5.74) is 1.38. The monoisotopic (exact) mass is 153 g/mol. The topological polar surface area (TPSA) is 21.3 Å². The average Bonchev–Trinajstić information content (AvgIpc) is 2.35. The molecule has 0 aromatic carbocycles. The third kappa shape index (κ3) is 1.50. The van der Waals surface area contributed by atoms with Crippen LogP contribution in [-0.2, 0) is 4.74 Å². The Balaban J connectivity index is 2.05. The predicted octanol–water partition coefficient (Wildman–Crippen LogP) is 2.13. The second-order valence-electron chi connectivity index (χ2n) is 3.28. The van der Waals surface area contributed by atoms with Gasteiger partial charge in [0.05, 0.1) is 5.70 Å². The maximum Gasteiger partial charge on any atom is 0.158 e. The van der Waals surface area contributed by atoms with Crippen molar-refractivity contribution in [2.24, 2.45) is 0 Å². The highest BCUT2D eigenvalue weighted by atomic mass is 16.5. The molecule has 11 heavy (non-hydrogen) atoms. The van der Waals surface area contributed by atoms with Gasteiger partial charge in [-0.1, -0.05) is 12.8 Å². The largest absolute Gasteiger partial charge is 0.476 e. The van der Waals surface area contributed by atoms with Crippen molar-refractivity contribution in [2.75, 3.05) is 6.73 Å². The summed E-state index contributed by atoms with van der Waals surface area (Å²) in [6, 6.07) is 0. The van der Waals surface area contributed by atoms with Crippen LogP contribution in [0.4, 0.5) is 0 Å². The van der Waals surface area contributed by atoms with E-state index in [2.05, 4.69) is 5.32 Å². The molecule has 2 heteroatoms. The summed E-state index contributed by atoms with van der Waals surface area (Å²) in [6.07, 6.45) is 7.76. The second-order valence-corrected chi connectivity index (χ2v) is 3.28. The molecular formula is C9H15NO. The minimum atomic E-state index is 0.713. The Morgan fingerprint density at radius 2 is 1.82 bits per heavy atom. The maximum absolute atomic E-state index is 5.46. The molecule has 0 spiro atoms. The lowest BCUT2D eigenvalue weighted by Gasteiger charge is -2.09. The SMILES string of the molecule is C1CCCC2=C(CC1)NCO2. The summed E-state index contributed by atoms with van der Waals surface area (Å²) < 4.78 is 5.46. The molecule has 0 aromatic rings. The van der Waals surface area contributed by atoms with E-state index in [0.717, 1.165) is 6.42 Å². The van der Waals surface area contributed by atoms with Crippen molar-refractivity contribution in [1.29, 1.82) is 0 Å². The highest BCUT2D eigenvalue weighted by Gasteiger charge is 2.15. The lowest BCUT2D eigenvalue weighted by Crippen LogP contribution is -2.08. The Labute approximate surface area is 67.6 Å². The zero-order chi connectivity index (χ0) is 7.52. The fourth-order valence-electron chi connectivity index (χ4n) is 1.79. The quantitative estimate of drug-likeness (QED) is 0.575. The van der Waals surface area contributed by atoms with E-state index in [4.69, 9.17) is 4.74 Å². The normalized spacial score (nSPS) is 24.7.